The Morgan fingerprint density at radius 3 is 2.56 bits per heavy atom. The summed E-state index contributed by atoms with van der Waals surface area (Å²) in [4.78, 5) is 15.7. The molecular weight excluding hydrogens is 198 g/mol. The van der Waals surface area contributed by atoms with Gasteiger partial charge >= 0.3 is 0 Å². The summed E-state index contributed by atoms with van der Waals surface area (Å²) in [6, 6.07) is 12.9. The summed E-state index contributed by atoms with van der Waals surface area (Å²) in [5, 5.41) is 0. The minimum atomic E-state index is 0.00412. The number of allylic oxidation sites excluding steroid dienone is 1. The lowest BCUT2D eigenvalue weighted by Gasteiger charge is -1.94. The molecule has 0 radical (unpaired) electrons. The molecule has 0 saturated carbocycles. The Hall–Kier alpha value is -2.22. The van der Waals surface area contributed by atoms with E-state index in [4.69, 9.17) is 0 Å². The topological polar surface area (TPSA) is 30.0 Å². The van der Waals surface area contributed by atoms with Gasteiger partial charge in [-0.25, -0.2) is 0 Å². The largest absolute Gasteiger partial charge is 0.289 e. The summed E-state index contributed by atoms with van der Waals surface area (Å²) < 4.78 is 0. The Kier molecular flexibility index (Phi) is 3.24. The molecule has 2 nitrogen and oxygen atoms in total. The normalized spacial score (nSPS) is 10.5. The molecule has 2 heteroatoms. The van der Waals surface area contributed by atoms with Crippen LogP contribution in [0.15, 0.2) is 60.9 Å². The van der Waals surface area contributed by atoms with E-state index in [1.165, 1.54) is 0 Å². The fourth-order valence-corrected chi connectivity index (χ4v) is 1.35. The lowest BCUT2D eigenvalue weighted by molar-refractivity contribution is 0.104. The minimum absolute atomic E-state index is 0.00412. The molecule has 0 fully saturated rings. The number of benzene rings is 1. The van der Waals surface area contributed by atoms with Gasteiger partial charge in [-0.15, -0.1) is 0 Å². The van der Waals surface area contributed by atoms with Crippen LogP contribution in [0, 0.1) is 0 Å². The van der Waals surface area contributed by atoms with Crippen LogP contribution in [0.25, 0.3) is 6.08 Å². The SMILES string of the molecule is O=C(/C=C/c1cccnc1)c1ccccc1. The number of nitrogens with zero attached hydrogens (tertiary/aromatic N) is 1. The zero-order chi connectivity index (χ0) is 11.2. The fourth-order valence-electron chi connectivity index (χ4n) is 1.35. The van der Waals surface area contributed by atoms with Gasteiger partial charge in [0.15, 0.2) is 5.78 Å². The molecule has 0 bridgehead atoms. The Morgan fingerprint density at radius 2 is 1.88 bits per heavy atom. The standard InChI is InChI=1S/C14H11NO/c16-14(13-6-2-1-3-7-13)9-8-12-5-4-10-15-11-12/h1-11H/b9-8+. The number of rotatable bonds is 3. The van der Waals surface area contributed by atoms with E-state index < -0.39 is 0 Å². The molecule has 0 saturated heterocycles. The van der Waals surface area contributed by atoms with Crippen LogP contribution >= 0.6 is 0 Å². The Morgan fingerprint density at radius 1 is 1.06 bits per heavy atom. The van der Waals surface area contributed by atoms with Crippen molar-refractivity contribution in [2.24, 2.45) is 0 Å². The number of aromatic nitrogens is 1. The fraction of sp³-hybridized carbons (Fsp3) is 0. The molecule has 16 heavy (non-hydrogen) atoms. The first-order valence-corrected chi connectivity index (χ1v) is 5.04. The molecule has 0 aliphatic heterocycles. The third kappa shape index (κ3) is 2.64. The first-order valence-electron chi connectivity index (χ1n) is 5.04. The number of hydrogen-bond donors (Lipinski definition) is 0. The third-order valence-corrected chi connectivity index (χ3v) is 2.17. The van der Waals surface area contributed by atoms with E-state index in [9.17, 15) is 4.79 Å². The van der Waals surface area contributed by atoms with Crippen molar-refractivity contribution in [3.05, 3.63) is 72.1 Å². The first kappa shape index (κ1) is 10.3. The van der Waals surface area contributed by atoms with Gasteiger partial charge in [-0.2, -0.15) is 0 Å². The van der Waals surface area contributed by atoms with E-state index >= 15 is 0 Å². The molecule has 0 unspecified atom stereocenters. The van der Waals surface area contributed by atoms with Crippen molar-refractivity contribution in [1.29, 1.82) is 0 Å². The highest BCUT2D eigenvalue weighted by atomic mass is 16.1. The van der Waals surface area contributed by atoms with Crippen LogP contribution in [0.5, 0.6) is 0 Å². The van der Waals surface area contributed by atoms with Crippen LogP contribution in [-0.4, -0.2) is 10.8 Å². The van der Waals surface area contributed by atoms with E-state index in [-0.39, 0.29) is 5.78 Å². The zero-order valence-corrected chi connectivity index (χ0v) is 8.71. The van der Waals surface area contributed by atoms with Crippen LogP contribution in [0.3, 0.4) is 0 Å². The van der Waals surface area contributed by atoms with Crippen molar-refractivity contribution >= 4 is 11.9 Å². The number of ketones is 1. The van der Waals surface area contributed by atoms with Crippen molar-refractivity contribution in [3.63, 3.8) is 0 Å². The highest BCUT2D eigenvalue weighted by Crippen LogP contribution is 2.04. The van der Waals surface area contributed by atoms with Crippen molar-refractivity contribution in [1.82, 2.24) is 4.98 Å². The van der Waals surface area contributed by atoms with Crippen LogP contribution < -0.4 is 0 Å². The van der Waals surface area contributed by atoms with Gasteiger partial charge in [0.25, 0.3) is 0 Å². The molecule has 0 aliphatic rings. The molecule has 0 atom stereocenters. The van der Waals surface area contributed by atoms with Crippen LogP contribution in [0.1, 0.15) is 15.9 Å². The lowest BCUT2D eigenvalue weighted by Crippen LogP contribution is -1.92. The molecule has 1 heterocycles. The average Bonchev–Trinajstić information content (AvgIpc) is 2.38. The number of pyridine rings is 1. The molecule has 0 spiro atoms. The highest BCUT2D eigenvalue weighted by molar-refractivity contribution is 6.06. The number of carbonyl (C=O) groups is 1. The van der Waals surface area contributed by atoms with Crippen LogP contribution in [0.2, 0.25) is 0 Å². The average molecular weight is 209 g/mol. The molecule has 1 aromatic heterocycles. The van der Waals surface area contributed by atoms with Gasteiger partial charge in [-0.3, -0.25) is 9.78 Å². The maximum atomic E-state index is 11.7. The van der Waals surface area contributed by atoms with Crippen LogP contribution in [0.4, 0.5) is 0 Å². The Bertz CT molecular complexity index is 489. The van der Waals surface area contributed by atoms with Crippen molar-refractivity contribution in [2.45, 2.75) is 0 Å². The maximum absolute atomic E-state index is 11.7. The first-order chi connectivity index (χ1) is 7.86. The van der Waals surface area contributed by atoms with E-state index in [1.807, 2.05) is 30.3 Å². The predicted molar refractivity (Wildman–Crippen MR) is 64.0 cm³/mol. The number of carbonyl (C=O) groups excluding carboxylic acids is 1. The van der Waals surface area contributed by atoms with Crippen molar-refractivity contribution in [2.75, 3.05) is 0 Å². The molecule has 2 aromatic rings. The summed E-state index contributed by atoms with van der Waals surface area (Å²) in [6.07, 6.45) is 6.75. The van der Waals surface area contributed by atoms with E-state index in [0.717, 1.165) is 5.56 Å². The van der Waals surface area contributed by atoms with Crippen molar-refractivity contribution < 1.29 is 4.79 Å². The second kappa shape index (κ2) is 5.03. The van der Waals surface area contributed by atoms with Crippen LogP contribution in [-0.2, 0) is 0 Å². The van der Waals surface area contributed by atoms with Gasteiger partial charge in [0.2, 0.25) is 0 Å². The molecular formula is C14H11NO. The maximum Gasteiger partial charge on any atom is 0.185 e. The smallest absolute Gasteiger partial charge is 0.185 e. The number of hydrogen-bond acceptors (Lipinski definition) is 2. The van der Waals surface area contributed by atoms with Gasteiger partial charge in [0, 0.05) is 18.0 Å². The summed E-state index contributed by atoms with van der Waals surface area (Å²) in [6.45, 7) is 0. The Labute approximate surface area is 94.3 Å². The zero-order valence-electron chi connectivity index (χ0n) is 8.71. The molecule has 0 aliphatic carbocycles. The molecule has 0 amide bonds. The molecule has 78 valence electrons. The summed E-state index contributed by atoms with van der Waals surface area (Å²) in [7, 11) is 0. The minimum Gasteiger partial charge on any atom is -0.289 e. The molecule has 2 rings (SSSR count). The van der Waals surface area contributed by atoms with Gasteiger partial charge in [-0.05, 0) is 23.8 Å². The summed E-state index contributed by atoms with van der Waals surface area (Å²) in [5.41, 5.74) is 1.62. The quantitative estimate of drug-likeness (QED) is 0.574. The highest BCUT2D eigenvalue weighted by Gasteiger charge is 1.98. The van der Waals surface area contributed by atoms with E-state index in [0.29, 0.717) is 5.56 Å². The second-order valence-electron chi connectivity index (χ2n) is 3.35. The van der Waals surface area contributed by atoms with E-state index in [2.05, 4.69) is 4.98 Å². The van der Waals surface area contributed by atoms with Gasteiger partial charge in [0.05, 0.1) is 0 Å². The van der Waals surface area contributed by atoms with Gasteiger partial charge in [-0.1, -0.05) is 36.4 Å². The second-order valence-corrected chi connectivity index (χ2v) is 3.35. The summed E-state index contributed by atoms with van der Waals surface area (Å²) in [5.74, 6) is 0.00412. The predicted octanol–water partition coefficient (Wildman–Crippen LogP) is 2.98. The summed E-state index contributed by atoms with van der Waals surface area (Å²) >= 11 is 0. The van der Waals surface area contributed by atoms with Gasteiger partial charge in [0.1, 0.15) is 0 Å². The van der Waals surface area contributed by atoms with Gasteiger partial charge < -0.3 is 0 Å². The Balaban J connectivity index is 2.12. The monoisotopic (exact) mass is 209 g/mol. The molecule has 1 aromatic carbocycles. The molecule has 0 N–H and O–H groups in total. The lowest BCUT2D eigenvalue weighted by atomic mass is 10.1. The van der Waals surface area contributed by atoms with Crippen molar-refractivity contribution in [3.8, 4) is 0 Å². The third-order valence-electron chi connectivity index (χ3n) is 2.17. The van der Waals surface area contributed by atoms with E-state index in [1.54, 1.807) is 36.7 Å².